The summed E-state index contributed by atoms with van der Waals surface area (Å²) in [4.78, 5) is 5.81. The molecule has 5 heteroatoms. The summed E-state index contributed by atoms with van der Waals surface area (Å²) in [5.74, 6) is 0.923. The first-order chi connectivity index (χ1) is 8.83. The Labute approximate surface area is 111 Å². The topological polar surface area (TPSA) is 42.7 Å². The van der Waals surface area contributed by atoms with Crippen LogP contribution in [0.25, 0.3) is 0 Å². The summed E-state index contributed by atoms with van der Waals surface area (Å²) < 4.78 is 1.76. The van der Waals surface area contributed by atoms with Gasteiger partial charge in [-0.05, 0) is 36.3 Å². The van der Waals surface area contributed by atoms with Gasteiger partial charge in [-0.15, -0.1) is 11.3 Å². The van der Waals surface area contributed by atoms with Crippen molar-refractivity contribution < 1.29 is 0 Å². The zero-order valence-electron chi connectivity index (χ0n) is 10.6. The minimum Gasteiger partial charge on any atom is -0.309 e. The maximum Gasteiger partial charge on any atom is 0.151 e. The molecule has 1 unspecified atom stereocenters. The Kier molecular flexibility index (Phi) is 3.43. The lowest BCUT2D eigenvalue weighted by Crippen LogP contribution is -2.26. The highest BCUT2D eigenvalue weighted by atomic mass is 32.1. The molecule has 0 amide bonds. The van der Waals surface area contributed by atoms with Crippen LogP contribution in [-0.4, -0.2) is 21.3 Å². The molecule has 96 valence electrons. The second-order valence-electron chi connectivity index (χ2n) is 4.78. The predicted octanol–water partition coefficient (Wildman–Crippen LogP) is 2.09. The van der Waals surface area contributed by atoms with E-state index in [0.29, 0.717) is 6.04 Å². The SMILES string of the molecule is Cn1cnc(CCNC2CCCc3sccc32)n1. The lowest BCUT2D eigenvalue weighted by molar-refractivity contribution is 0.464. The van der Waals surface area contributed by atoms with E-state index in [0.717, 1.165) is 18.8 Å². The van der Waals surface area contributed by atoms with E-state index in [1.54, 1.807) is 15.9 Å². The molecule has 0 fully saturated rings. The van der Waals surface area contributed by atoms with Gasteiger partial charge in [0.05, 0.1) is 0 Å². The molecular weight excluding hydrogens is 244 g/mol. The first-order valence-electron chi connectivity index (χ1n) is 6.47. The smallest absolute Gasteiger partial charge is 0.151 e. The van der Waals surface area contributed by atoms with Crippen LogP contribution in [-0.2, 0) is 19.9 Å². The van der Waals surface area contributed by atoms with E-state index in [2.05, 4.69) is 26.8 Å². The molecule has 0 spiro atoms. The van der Waals surface area contributed by atoms with Gasteiger partial charge in [-0.2, -0.15) is 5.10 Å². The van der Waals surface area contributed by atoms with Crippen molar-refractivity contribution in [3.05, 3.63) is 34.0 Å². The van der Waals surface area contributed by atoms with Crippen LogP contribution in [0.3, 0.4) is 0 Å². The maximum atomic E-state index is 4.30. The molecule has 0 aromatic carbocycles. The van der Waals surface area contributed by atoms with Crippen LogP contribution in [0, 0.1) is 0 Å². The highest BCUT2D eigenvalue weighted by Crippen LogP contribution is 2.32. The summed E-state index contributed by atoms with van der Waals surface area (Å²) in [6.07, 6.45) is 6.46. The Morgan fingerprint density at radius 2 is 2.50 bits per heavy atom. The quantitative estimate of drug-likeness (QED) is 0.917. The molecule has 2 aromatic rings. The van der Waals surface area contributed by atoms with Crippen LogP contribution in [0.5, 0.6) is 0 Å². The molecule has 2 aromatic heterocycles. The predicted molar refractivity (Wildman–Crippen MR) is 72.7 cm³/mol. The average Bonchev–Trinajstić information content (AvgIpc) is 2.98. The average molecular weight is 262 g/mol. The summed E-state index contributed by atoms with van der Waals surface area (Å²) in [5, 5.41) is 10.1. The number of hydrogen-bond donors (Lipinski definition) is 1. The lowest BCUT2D eigenvalue weighted by Gasteiger charge is -2.23. The van der Waals surface area contributed by atoms with Crippen LogP contribution in [0.1, 0.15) is 35.1 Å². The second-order valence-corrected chi connectivity index (χ2v) is 5.78. The number of aromatic nitrogens is 3. The molecule has 0 saturated heterocycles. The fourth-order valence-electron chi connectivity index (χ4n) is 2.56. The molecule has 0 radical (unpaired) electrons. The van der Waals surface area contributed by atoms with E-state index in [1.807, 2.05) is 18.4 Å². The van der Waals surface area contributed by atoms with E-state index in [-0.39, 0.29) is 0 Å². The van der Waals surface area contributed by atoms with E-state index < -0.39 is 0 Å². The third kappa shape index (κ3) is 2.47. The second kappa shape index (κ2) is 5.20. The monoisotopic (exact) mass is 262 g/mol. The Morgan fingerprint density at radius 3 is 3.33 bits per heavy atom. The summed E-state index contributed by atoms with van der Waals surface area (Å²) in [6, 6.07) is 2.80. The van der Waals surface area contributed by atoms with E-state index >= 15 is 0 Å². The van der Waals surface area contributed by atoms with Gasteiger partial charge in [0.25, 0.3) is 0 Å². The van der Waals surface area contributed by atoms with Crippen molar-refractivity contribution in [1.82, 2.24) is 20.1 Å². The van der Waals surface area contributed by atoms with Crippen molar-refractivity contribution in [3.63, 3.8) is 0 Å². The van der Waals surface area contributed by atoms with Crippen LogP contribution >= 0.6 is 11.3 Å². The number of thiophene rings is 1. The van der Waals surface area contributed by atoms with Crippen molar-refractivity contribution in [3.8, 4) is 0 Å². The van der Waals surface area contributed by atoms with Crippen molar-refractivity contribution in [2.45, 2.75) is 31.7 Å². The van der Waals surface area contributed by atoms with Gasteiger partial charge in [0.2, 0.25) is 0 Å². The van der Waals surface area contributed by atoms with Gasteiger partial charge in [-0.3, -0.25) is 4.68 Å². The third-order valence-electron chi connectivity index (χ3n) is 3.44. The minimum atomic E-state index is 0.531. The van der Waals surface area contributed by atoms with Crippen LogP contribution < -0.4 is 5.32 Å². The molecule has 1 aliphatic carbocycles. The van der Waals surface area contributed by atoms with Crippen molar-refractivity contribution in [2.24, 2.45) is 7.05 Å². The van der Waals surface area contributed by atoms with Crippen molar-refractivity contribution in [1.29, 1.82) is 0 Å². The van der Waals surface area contributed by atoms with Crippen LogP contribution in [0.15, 0.2) is 17.8 Å². The van der Waals surface area contributed by atoms with Crippen LogP contribution in [0.2, 0.25) is 0 Å². The molecule has 2 heterocycles. The van der Waals surface area contributed by atoms with Gasteiger partial charge in [-0.1, -0.05) is 0 Å². The number of fused-ring (bicyclic) bond motifs is 1. The van der Waals surface area contributed by atoms with Crippen molar-refractivity contribution in [2.75, 3.05) is 6.54 Å². The normalized spacial score (nSPS) is 18.8. The third-order valence-corrected chi connectivity index (χ3v) is 4.43. The van der Waals surface area contributed by atoms with Gasteiger partial charge in [0, 0.05) is 30.9 Å². The lowest BCUT2D eigenvalue weighted by atomic mass is 9.94. The molecule has 3 rings (SSSR count). The summed E-state index contributed by atoms with van der Waals surface area (Å²) in [7, 11) is 1.91. The molecule has 0 saturated carbocycles. The van der Waals surface area contributed by atoms with Gasteiger partial charge in [-0.25, -0.2) is 4.98 Å². The zero-order chi connectivity index (χ0) is 12.4. The van der Waals surface area contributed by atoms with Gasteiger partial charge < -0.3 is 5.32 Å². The zero-order valence-corrected chi connectivity index (χ0v) is 11.4. The molecule has 0 bridgehead atoms. The molecule has 0 aliphatic heterocycles. The number of rotatable bonds is 4. The van der Waals surface area contributed by atoms with Gasteiger partial charge >= 0.3 is 0 Å². The van der Waals surface area contributed by atoms with Crippen LogP contribution in [0.4, 0.5) is 0 Å². The summed E-state index contributed by atoms with van der Waals surface area (Å²) in [5.41, 5.74) is 1.51. The highest BCUT2D eigenvalue weighted by molar-refractivity contribution is 7.10. The number of nitrogens with one attached hydrogen (secondary N) is 1. The fraction of sp³-hybridized carbons (Fsp3) is 0.538. The first-order valence-corrected chi connectivity index (χ1v) is 7.35. The molecule has 18 heavy (non-hydrogen) atoms. The Morgan fingerprint density at radius 1 is 1.56 bits per heavy atom. The van der Waals surface area contributed by atoms with E-state index in [1.165, 1.54) is 24.8 Å². The minimum absolute atomic E-state index is 0.531. The number of nitrogens with zero attached hydrogens (tertiary/aromatic N) is 3. The van der Waals surface area contributed by atoms with Crippen molar-refractivity contribution >= 4 is 11.3 Å². The molecule has 1 aliphatic rings. The fourth-order valence-corrected chi connectivity index (χ4v) is 3.54. The van der Waals surface area contributed by atoms with E-state index in [9.17, 15) is 0 Å². The van der Waals surface area contributed by atoms with E-state index in [4.69, 9.17) is 0 Å². The molecular formula is C13H18N4S. The Balaban J connectivity index is 1.55. The van der Waals surface area contributed by atoms with Gasteiger partial charge in [0.1, 0.15) is 6.33 Å². The number of aryl methyl sites for hydroxylation is 2. The molecule has 1 N–H and O–H groups in total. The Hall–Kier alpha value is -1.20. The standard InChI is InChI=1S/C13H18N4S/c1-17-9-15-13(16-17)5-7-14-11-3-2-4-12-10(11)6-8-18-12/h6,8-9,11,14H,2-5,7H2,1H3. The Bertz CT molecular complexity index is 517. The first kappa shape index (κ1) is 11.9. The largest absolute Gasteiger partial charge is 0.309 e. The van der Waals surface area contributed by atoms with Gasteiger partial charge in [0.15, 0.2) is 5.82 Å². The highest BCUT2D eigenvalue weighted by Gasteiger charge is 2.20. The molecule has 4 nitrogen and oxygen atoms in total. The molecule has 1 atom stereocenters. The summed E-state index contributed by atoms with van der Waals surface area (Å²) >= 11 is 1.89. The summed E-state index contributed by atoms with van der Waals surface area (Å²) in [6.45, 7) is 0.948. The maximum absolute atomic E-state index is 4.30. The number of hydrogen-bond acceptors (Lipinski definition) is 4.